The summed E-state index contributed by atoms with van der Waals surface area (Å²) < 4.78 is 35.0. The van der Waals surface area contributed by atoms with Crippen molar-refractivity contribution in [1.82, 2.24) is 4.72 Å². The van der Waals surface area contributed by atoms with E-state index in [9.17, 15) is 18.0 Å². The molecule has 2 aliphatic carbocycles. The molecule has 2 aromatic rings. The number of halogens is 1. The van der Waals surface area contributed by atoms with E-state index in [1.165, 1.54) is 11.1 Å². The number of fused-ring (bicyclic) bond motifs is 4. The van der Waals surface area contributed by atoms with Gasteiger partial charge in [0, 0.05) is 35.0 Å². The summed E-state index contributed by atoms with van der Waals surface area (Å²) in [5.41, 5.74) is 3.22. The van der Waals surface area contributed by atoms with Crippen molar-refractivity contribution < 1.29 is 22.7 Å². The van der Waals surface area contributed by atoms with Crippen molar-refractivity contribution in [3.8, 4) is 5.75 Å². The molecule has 1 fully saturated rings. The van der Waals surface area contributed by atoms with Crippen molar-refractivity contribution in [3.63, 3.8) is 0 Å². The molecule has 2 aliphatic heterocycles. The normalized spacial score (nSPS) is 32.0. The molecule has 0 aromatic heterocycles. The van der Waals surface area contributed by atoms with Crippen molar-refractivity contribution in [3.05, 3.63) is 70.3 Å². The predicted octanol–water partition coefficient (Wildman–Crippen LogP) is 5.45. The summed E-state index contributed by atoms with van der Waals surface area (Å²) in [6.45, 7) is 5.23. The van der Waals surface area contributed by atoms with Gasteiger partial charge in [0.2, 0.25) is 10.0 Å². The second kappa shape index (κ2) is 10.8. The minimum atomic E-state index is -3.93. The Morgan fingerprint density at radius 1 is 1.10 bits per heavy atom. The molecular formula is C32H37ClN2O5S. The first-order chi connectivity index (χ1) is 19.6. The number of benzene rings is 2. The number of allylic oxidation sites excluding steroid dienone is 2. The topological polar surface area (TPSA) is 92.8 Å². The van der Waals surface area contributed by atoms with Gasteiger partial charge >= 0.3 is 0 Å². The highest BCUT2D eigenvalue weighted by molar-refractivity contribution is 7.90. The van der Waals surface area contributed by atoms with E-state index in [1.807, 2.05) is 13.0 Å². The number of hydrogen-bond donors (Lipinski definition) is 1. The molecule has 2 aromatic carbocycles. The van der Waals surface area contributed by atoms with Crippen molar-refractivity contribution in [2.75, 3.05) is 24.6 Å². The highest BCUT2D eigenvalue weighted by Crippen LogP contribution is 2.46. The number of ketones is 1. The van der Waals surface area contributed by atoms with Gasteiger partial charge in [-0.05, 0) is 105 Å². The molecule has 7 nitrogen and oxygen atoms in total. The summed E-state index contributed by atoms with van der Waals surface area (Å²) in [6, 6.07) is 11.3. The number of ether oxygens (including phenoxy) is 1. The minimum absolute atomic E-state index is 0.0666. The summed E-state index contributed by atoms with van der Waals surface area (Å²) in [5.74, 6) is -0.0319. The highest BCUT2D eigenvalue weighted by atomic mass is 35.5. The first kappa shape index (κ1) is 28.3. The first-order valence-electron chi connectivity index (χ1n) is 14.6. The van der Waals surface area contributed by atoms with Crippen molar-refractivity contribution in [1.29, 1.82) is 0 Å². The van der Waals surface area contributed by atoms with Crippen LogP contribution in [0.1, 0.15) is 67.4 Å². The first-order valence-corrected chi connectivity index (χ1v) is 16.6. The Labute approximate surface area is 247 Å². The van der Waals surface area contributed by atoms with Crippen molar-refractivity contribution in [2.24, 2.45) is 17.8 Å². The molecular weight excluding hydrogens is 560 g/mol. The van der Waals surface area contributed by atoms with Gasteiger partial charge in [-0.2, -0.15) is 0 Å². The van der Waals surface area contributed by atoms with E-state index in [0.717, 1.165) is 42.8 Å². The van der Waals surface area contributed by atoms with Gasteiger partial charge in [0.25, 0.3) is 5.91 Å². The molecule has 1 N–H and O–H groups in total. The highest BCUT2D eigenvalue weighted by Gasteiger charge is 2.44. The summed E-state index contributed by atoms with van der Waals surface area (Å²) in [7, 11) is -3.93. The molecule has 0 saturated heterocycles. The monoisotopic (exact) mass is 596 g/mol. The number of sulfonamides is 1. The quantitative estimate of drug-likeness (QED) is 0.435. The van der Waals surface area contributed by atoms with Gasteiger partial charge < -0.3 is 9.64 Å². The molecule has 3 unspecified atom stereocenters. The zero-order valence-electron chi connectivity index (χ0n) is 23.6. The Kier molecular flexibility index (Phi) is 7.43. The summed E-state index contributed by atoms with van der Waals surface area (Å²) in [6.07, 6.45) is 8.60. The maximum Gasteiger partial charge on any atom is 0.264 e. The van der Waals surface area contributed by atoms with Crippen LogP contribution < -0.4 is 14.4 Å². The number of anilines is 1. The van der Waals surface area contributed by atoms with E-state index in [2.05, 4.69) is 21.8 Å². The lowest BCUT2D eigenvalue weighted by Crippen LogP contribution is -2.49. The minimum Gasteiger partial charge on any atom is -0.490 e. The van der Waals surface area contributed by atoms with E-state index >= 15 is 0 Å². The van der Waals surface area contributed by atoms with E-state index in [0.29, 0.717) is 31.9 Å². The average molecular weight is 597 g/mol. The second-order valence-corrected chi connectivity index (χ2v) is 14.9. The van der Waals surface area contributed by atoms with Crippen LogP contribution in [0.15, 0.2) is 48.6 Å². The fourth-order valence-electron chi connectivity index (χ4n) is 7.00. The number of nitrogens with zero attached hydrogens (tertiary/aromatic N) is 1. The van der Waals surface area contributed by atoms with Crippen LogP contribution in [0, 0.1) is 17.8 Å². The molecule has 1 spiro atoms. The SMILES string of the molecule is CC1C/C=C/C(=O)[C@@H]2CC[C@H]2CN2CC3(CCCc4cc(Cl)ccc43)COc3ccc(cc32)C(=O)NS(=O)(=O)C1C. The Balaban J connectivity index is 1.43. The zero-order valence-corrected chi connectivity index (χ0v) is 25.1. The van der Waals surface area contributed by atoms with Crippen LogP contribution in [0.4, 0.5) is 5.69 Å². The van der Waals surface area contributed by atoms with Gasteiger partial charge in [0.05, 0.1) is 17.5 Å². The summed E-state index contributed by atoms with van der Waals surface area (Å²) in [4.78, 5) is 28.8. The largest absolute Gasteiger partial charge is 0.490 e. The smallest absolute Gasteiger partial charge is 0.264 e. The van der Waals surface area contributed by atoms with Crippen LogP contribution in [0.25, 0.3) is 0 Å². The van der Waals surface area contributed by atoms with E-state index < -0.39 is 21.2 Å². The van der Waals surface area contributed by atoms with Gasteiger partial charge in [-0.25, -0.2) is 13.1 Å². The fraction of sp³-hybridized carbons (Fsp3) is 0.500. The molecule has 4 aliphatic rings. The van der Waals surface area contributed by atoms with Gasteiger partial charge in [-0.1, -0.05) is 30.7 Å². The molecule has 41 heavy (non-hydrogen) atoms. The number of nitrogens with one attached hydrogen (secondary N) is 1. The molecule has 218 valence electrons. The predicted molar refractivity (Wildman–Crippen MR) is 160 cm³/mol. The molecule has 1 amide bonds. The maximum atomic E-state index is 13.3. The molecule has 6 rings (SSSR count). The molecule has 2 bridgehead atoms. The van der Waals surface area contributed by atoms with Gasteiger partial charge in [-0.15, -0.1) is 0 Å². The second-order valence-electron chi connectivity index (χ2n) is 12.4. The maximum absolute atomic E-state index is 13.3. The average Bonchev–Trinajstić information content (AvgIpc) is 3.06. The Morgan fingerprint density at radius 2 is 1.93 bits per heavy atom. The molecule has 0 radical (unpaired) electrons. The van der Waals surface area contributed by atoms with Gasteiger partial charge in [-0.3, -0.25) is 9.59 Å². The van der Waals surface area contributed by atoms with Gasteiger partial charge in [0.1, 0.15) is 5.75 Å². The van der Waals surface area contributed by atoms with Crippen LogP contribution >= 0.6 is 11.6 Å². The summed E-state index contributed by atoms with van der Waals surface area (Å²) >= 11 is 6.37. The third-order valence-corrected chi connectivity index (χ3v) is 12.0. The Morgan fingerprint density at radius 3 is 2.71 bits per heavy atom. The third kappa shape index (κ3) is 5.29. The molecule has 1 saturated carbocycles. The number of hydrogen-bond acceptors (Lipinski definition) is 6. The van der Waals surface area contributed by atoms with Gasteiger partial charge in [0.15, 0.2) is 5.78 Å². The molecule has 5 atom stereocenters. The van der Waals surface area contributed by atoms with Crippen molar-refractivity contribution >= 4 is 39.0 Å². The Bertz CT molecular complexity index is 1520. The van der Waals surface area contributed by atoms with E-state index in [-0.39, 0.29) is 34.5 Å². The fourth-order valence-corrected chi connectivity index (χ4v) is 8.48. The molecule has 2 heterocycles. The third-order valence-electron chi connectivity index (χ3n) is 9.85. The lowest BCUT2D eigenvalue weighted by molar-refractivity contribution is -0.122. The summed E-state index contributed by atoms with van der Waals surface area (Å²) in [5, 5.41) is -0.0854. The Hall–Kier alpha value is -2.84. The number of aryl methyl sites for hydroxylation is 1. The zero-order chi connectivity index (χ0) is 28.9. The number of carbonyl (C=O) groups excluding carboxylic acids is 2. The molecule has 9 heteroatoms. The standard InChI is InChI=1S/C32H37ClN2O5S/c1-20-5-3-7-29(36)26-11-8-24(26)17-35-18-32(14-4-6-22-15-25(33)10-12-27(22)32)19-40-30-13-9-23(16-28(30)35)31(37)34-41(38,39)21(20)2/h3,7,9-10,12-13,15-16,20-21,24,26H,4-6,8,11,14,17-19H2,1-2H3,(H,34,37)/b7-3+/t20?,21?,24-,26+,32?/m0/s1. The van der Waals surface area contributed by atoms with E-state index in [1.54, 1.807) is 37.3 Å². The lowest BCUT2D eigenvalue weighted by atomic mass is 9.68. The van der Waals surface area contributed by atoms with Crippen LogP contribution in [0.2, 0.25) is 5.02 Å². The van der Waals surface area contributed by atoms with E-state index in [4.69, 9.17) is 16.3 Å². The van der Waals surface area contributed by atoms with Crippen molar-refractivity contribution in [2.45, 2.75) is 63.0 Å². The number of carbonyl (C=O) groups is 2. The van der Waals surface area contributed by atoms with Crippen LogP contribution in [-0.4, -0.2) is 45.1 Å². The number of amides is 1. The van der Waals surface area contributed by atoms with Crippen LogP contribution in [0.5, 0.6) is 5.75 Å². The number of rotatable bonds is 0. The van der Waals surface area contributed by atoms with Crippen LogP contribution in [0.3, 0.4) is 0 Å². The lowest BCUT2D eigenvalue weighted by Gasteiger charge is -2.44. The van der Waals surface area contributed by atoms with Crippen LogP contribution in [-0.2, 0) is 26.7 Å².